The summed E-state index contributed by atoms with van der Waals surface area (Å²) in [5.74, 6) is 1.40. The Morgan fingerprint density at radius 1 is 1.16 bits per heavy atom. The molecule has 4 heterocycles. The SMILES string of the molecule is C/C=C1/C=C(C(=O)N(C)C)N(c2ccccc2)C1=NC(C)Nc1ccc(N2CC3CCC(CC2=O)N3)cn1. The summed E-state index contributed by atoms with van der Waals surface area (Å²) >= 11 is 0. The van der Waals surface area contributed by atoms with E-state index in [0.29, 0.717) is 42.4 Å². The Kier molecular flexibility index (Phi) is 7.28. The number of fused-ring (bicyclic) bond motifs is 2. The first-order valence-corrected chi connectivity index (χ1v) is 13.2. The van der Waals surface area contributed by atoms with Crippen LogP contribution in [0.3, 0.4) is 0 Å². The fourth-order valence-corrected chi connectivity index (χ4v) is 5.25. The number of likely N-dealkylation sites (N-methyl/N-ethyl adjacent to an activating group) is 1. The first kappa shape index (κ1) is 25.7. The van der Waals surface area contributed by atoms with Crippen molar-refractivity contribution in [1.29, 1.82) is 0 Å². The van der Waals surface area contributed by atoms with E-state index >= 15 is 0 Å². The van der Waals surface area contributed by atoms with Gasteiger partial charge in [-0.2, -0.15) is 0 Å². The molecule has 1 aromatic carbocycles. The molecule has 2 N–H and O–H groups in total. The molecule has 0 radical (unpaired) electrons. The molecule has 5 rings (SSSR count). The lowest BCUT2D eigenvalue weighted by Crippen LogP contribution is -2.37. The maximum Gasteiger partial charge on any atom is 0.270 e. The number of nitrogens with one attached hydrogen (secondary N) is 2. The number of pyridine rings is 1. The second-order valence-corrected chi connectivity index (χ2v) is 10.2. The van der Waals surface area contributed by atoms with Crippen LogP contribution in [0.15, 0.2) is 77.1 Å². The van der Waals surface area contributed by atoms with Crippen LogP contribution in [0, 0.1) is 0 Å². The van der Waals surface area contributed by atoms with Crippen LogP contribution in [0.25, 0.3) is 0 Å². The average molecular weight is 514 g/mol. The molecule has 198 valence electrons. The molecule has 9 heteroatoms. The number of benzene rings is 1. The Morgan fingerprint density at radius 3 is 2.61 bits per heavy atom. The van der Waals surface area contributed by atoms with Gasteiger partial charge in [0.2, 0.25) is 5.91 Å². The third-order valence-electron chi connectivity index (χ3n) is 7.15. The van der Waals surface area contributed by atoms with Crippen LogP contribution in [0.4, 0.5) is 17.2 Å². The Labute approximate surface area is 223 Å². The van der Waals surface area contributed by atoms with Gasteiger partial charge in [0, 0.05) is 50.4 Å². The number of aliphatic imine (C=N–C) groups is 1. The molecule has 3 aliphatic rings. The van der Waals surface area contributed by atoms with Gasteiger partial charge < -0.3 is 20.4 Å². The minimum absolute atomic E-state index is 0.0947. The lowest BCUT2D eigenvalue weighted by molar-refractivity contribution is -0.124. The van der Waals surface area contributed by atoms with Crippen molar-refractivity contribution < 1.29 is 9.59 Å². The molecule has 2 bridgehead atoms. The Morgan fingerprint density at radius 2 is 1.92 bits per heavy atom. The summed E-state index contributed by atoms with van der Waals surface area (Å²) in [4.78, 5) is 40.7. The van der Waals surface area contributed by atoms with Gasteiger partial charge in [-0.05, 0) is 57.0 Å². The molecule has 0 spiro atoms. The molecule has 0 aliphatic carbocycles. The summed E-state index contributed by atoms with van der Waals surface area (Å²) in [6.07, 6.45) is 7.97. The molecule has 3 aliphatic heterocycles. The Balaban J connectivity index is 1.35. The van der Waals surface area contributed by atoms with Gasteiger partial charge in [-0.25, -0.2) is 9.98 Å². The van der Waals surface area contributed by atoms with Crippen LogP contribution in [0.2, 0.25) is 0 Å². The summed E-state index contributed by atoms with van der Waals surface area (Å²) in [6, 6.07) is 14.2. The number of rotatable bonds is 6. The van der Waals surface area contributed by atoms with Crippen molar-refractivity contribution in [3.63, 3.8) is 0 Å². The number of carbonyl (C=O) groups excluding carboxylic acids is 2. The largest absolute Gasteiger partial charge is 0.349 e. The van der Waals surface area contributed by atoms with Gasteiger partial charge in [-0.1, -0.05) is 24.3 Å². The van der Waals surface area contributed by atoms with Gasteiger partial charge in [0.05, 0.1) is 11.9 Å². The van der Waals surface area contributed by atoms with E-state index in [0.717, 1.165) is 29.8 Å². The van der Waals surface area contributed by atoms with E-state index in [9.17, 15) is 9.59 Å². The Bertz CT molecular complexity index is 1280. The van der Waals surface area contributed by atoms with E-state index in [-0.39, 0.29) is 18.0 Å². The van der Waals surface area contributed by atoms with E-state index in [2.05, 4.69) is 15.6 Å². The second kappa shape index (κ2) is 10.8. The molecule has 1 aromatic heterocycles. The van der Waals surface area contributed by atoms with Crippen LogP contribution in [-0.2, 0) is 9.59 Å². The zero-order chi connectivity index (χ0) is 26.8. The number of aromatic nitrogens is 1. The summed E-state index contributed by atoms with van der Waals surface area (Å²) in [6.45, 7) is 4.57. The molecule has 3 atom stereocenters. The minimum atomic E-state index is -0.327. The lowest BCUT2D eigenvalue weighted by Gasteiger charge is -2.26. The number of hydrogen-bond acceptors (Lipinski definition) is 6. The van der Waals surface area contributed by atoms with Crippen LogP contribution in [0.5, 0.6) is 0 Å². The minimum Gasteiger partial charge on any atom is -0.349 e. The maximum atomic E-state index is 13.0. The van der Waals surface area contributed by atoms with Gasteiger partial charge in [-0.3, -0.25) is 14.5 Å². The maximum absolute atomic E-state index is 13.0. The van der Waals surface area contributed by atoms with Crippen molar-refractivity contribution in [1.82, 2.24) is 15.2 Å². The zero-order valence-electron chi connectivity index (χ0n) is 22.4. The lowest BCUT2D eigenvalue weighted by atomic mass is 10.1. The number of amides is 2. The summed E-state index contributed by atoms with van der Waals surface area (Å²) in [5.41, 5.74) is 3.10. The van der Waals surface area contributed by atoms with Crippen molar-refractivity contribution in [2.45, 2.75) is 51.4 Å². The Hall–Kier alpha value is -3.98. The van der Waals surface area contributed by atoms with Crippen molar-refractivity contribution >= 4 is 34.8 Å². The van der Waals surface area contributed by atoms with Gasteiger partial charge in [0.15, 0.2) is 0 Å². The van der Waals surface area contributed by atoms with E-state index in [1.165, 1.54) is 0 Å². The highest BCUT2D eigenvalue weighted by atomic mass is 16.2. The molecule has 2 saturated heterocycles. The van der Waals surface area contributed by atoms with E-state index in [1.807, 2.05) is 78.3 Å². The van der Waals surface area contributed by atoms with Gasteiger partial charge in [-0.15, -0.1) is 0 Å². The number of hydrogen-bond donors (Lipinski definition) is 2. The highest BCUT2D eigenvalue weighted by Crippen LogP contribution is 2.31. The average Bonchev–Trinajstić information content (AvgIpc) is 3.46. The molecular formula is C29H35N7O2. The van der Waals surface area contributed by atoms with Gasteiger partial charge >= 0.3 is 0 Å². The van der Waals surface area contributed by atoms with Crippen molar-refractivity contribution in [3.05, 3.63) is 72.1 Å². The van der Waals surface area contributed by atoms with E-state index in [4.69, 9.17) is 4.99 Å². The normalized spacial score (nSPS) is 24.0. The summed E-state index contributed by atoms with van der Waals surface area (Å²) < 4.78 is 0. The van der Waals surface area contributed by atoms with Gasteiger partial charge in [0.1, 0.15) is 23.5 Å². The van der Waals surface area contributed by atoms with Crippen molar-refractivity contribution in [2.24, 2.45) is 4.99 Å². The molecular weight excluding hydrogens is 478 g/mol. The van der Waals surface area contributed by atoms with Gasteiger partial charge in [0.25, 0.3) is 5.91 Å². The first-order chi connectivity index (χ1) is 18.3. The molecule has 3 unspecified atom stereocenters. The molecule has 38 heavy (non-hydrogen) atoms. The fraction of sp³-hybridized carbons (Fsp3) is 0.379. The molecule has 0 saturated carbocycles. The fourth-order valence-electron chi connectivity index (χ4n) is 5.25. The second-order valence-electron chi connectivity index (χ2n) is 10.2. The van der Waals surface area contributed by atoms with Crippen LogP contribution < -0.4 is 20.4 Å². The molecule has 2 aromatic rings. The molecule has 2 fully saturated rings. The smallest absolute Gasteiger partial charge is 0.270 e. The van der Waals surface area contributed by atoms with Crippen LogP contribution in [0.1, 0.15) is 33.1 Å². The number of allylic oxidation sites excluding steroid dienone is 1. The highest BCUT2D eigenvalue weighted by Gasteiger charge is 2.34. The van der Waals surface area contributed by atoms with Crippen LogP contribution in [-0.4, -0.2) is 66.4 Å². The van der Waals surface area contributed by atoms with Crippen molar-refractivity contribution in [3.8, 4) is 0 Å². The number of anilines is 3. The topological polar surface area (TPSA) is 93.2 Å². The number of carbonyl (C=O) groups is 2. The molecule has 2 amide bonds. The number of amidine groups is 1. The third kappa shape index (κ3) is 5.19. The highest BCUT2D eigenvalue weighted by molar-refractivity contribution is 6.23. The number of nitrogens with zero attached hydrogens (tertiary/aromatic N) is 5. The summed E-state index contributed by atoms with van der Waals surface area (Å²) in [7, 11) is 3.49. The zero-order valence-corrected chi connectivity index (χ0v) is 22.4. The third-order valence-corrected chi connectivity index (χ3v) is 7.15. The van der Waals surface area contributed by atoms with E-state index in [1.54, 1.807) is 25.2 Å². The first-order valence-electron chi connectivity index (χ1n) is 13.2. The number of para-hydroxylation sites is 1. The standard InChI is InChI=1S/C29H35N7O2/c1-5-20-15-25(29(38)34(3)4)36(23-9-7-6-8-10-23)28(20)32-19(2)31-26-14-13-24(17-30-26)35-18-22-12-11-21(33-22)16-27(35)37/h5-10,13-15,17,19,21-22,33H,11-12,16,18H2,1-4H3,(H,30,31)/b20-5-,32-28?. The predicted molar refractivity (Wildman–Crippen MR) is 151 cm³/mol. The van der Waals surface area contributed by atoms with E-state index < -0.39 is 0 Å². The van der Waals surface area contributed by atoms with Crippen LogP contribution >= 0.6 is 0 Å². The van der Waals surface area contributed by atoms with Crippen molar-refractivity contribution in [2.75, 3.05) is 35.8 Å². The summed E-state index contributed by atoms with van der Waals surface area (Å²) in [5, 5.41) is 6.89. The predicted octanol–water partition coefficient (Wildman–Crippen LogP) is 3.53. The monoisotopic (exact) mass is 513 g/mol. The molecule has 9 nitrogen and oxygen atoms in total. The quantitative estimate of drug-likeness (QED) is 0.614.